The Bertz CT molecular complexity index is 385. The standard InChI is InChI=1S/C13H22N4/c1-4-17(5-2)7-6-13-15-10(3)11-8-14-9-12(11)16-13/h14H,4-9H2,1-3H3. The third kappa shape index (κ3) is 2.82. The topological polar surface area (TPSA) is 41.1 Å². The smallest absolute Gasteiger partial charge is 0.130 e. The lowest BCUT2D eigenvalue weighted by molar-refractivity contribution is 0.305. The lowest BCUT2D eigenvalue weighted by Gasteiger charge is -2.17. The summed E-state index contributed by atoms with van der Waals surface area (Å²) in [5.41, 5.74) is 3.65. The van der Waals surface area contributed by atoms with Crippen LogP contribution in [0.5, 0.6) is 0 Å². The van der Waals surface area contributed by atoms with Crippen molar-refractivity contribution in [2.45, 2.75) is 40.3 Å². The van der Waals surface area contributed by atoms with E-state index in [2.05, 4.69) is 41.0 Å². The van der Waals surface area contributed by atoms with Crippen molar-refractivity contribution in [1.29, 1.82) is 0 Å². The molecule has 2 rings (SSSR count). The van der Waals surface area contributed by atoms with Crippen molar-refractivity contribution in [3.63, 3.8) is 0 Å². The summed E-state index contributed by atoms with van der Waals surface area (Å²) in [5, 5.41) is 3.33. The van der Waals surface area contributed by atoms with Gasteiger partial charge in [-0.25, -0.2) is 9.97 Å². The first-order chi connectivity index (χ1) is 8.24. The van der Waals surface area contributed by atoms with E-state index in [4.69, 9.17) is 0 Å². The lowest BCUT2D eigenvalue weighted by Crippen LogP contribution is -2.26. The molecule has 0 aliphatic carbocycles. The highest BCUT2D eigenvalue weighted by Crippen LogP contribution is 2.16. The molecule has 0 atom stereocenters. The molecule has 1 aliphatic rings. The summed E-state index contributed by atoms with van der Waals surface area (Å²) in [6, 6.07) is 0. The van der Waals surface area contributed by atoms with Crippen molar-refractivity contribution in [1.82, 2.24) is 20.2 Å². The van der Waals surface area contributed by atoms with Gasteiger partial charge >= 0.3 is 0 Å². The van der Waals surface area contributed by atoms with E-state index in [-0.39, 0.29) is 0 Å². The fourth-order valence-corrected chi connectivity index (χ4v) is 2.31. The van der Waals surface area contributed by atoms with Crippen molar-refractivity contribution in [3.8, 4) is 0 Å². The van der Waals surface area contributed by atoms with Gasteiger partial charge in [-0.3, -0.25) is 0 Å². The number of nitrogens with one attached hydrogen (secondary N) is 1. The van der Waals surface area contributed by atoms with Gasteiger partial charge in [0.05, 0.1) is 5.69 Å². The van der Waals surface area contributed by atoms with Gasteiger partial charge < -0.3 is 10.2 Å². The van der Waals surface area contributed by atoms with Crippen LogP contribution >= 0.6 is 0 Å². The molecule has 0 spiro atoms. The highest BCUT2D eigenvalue weighted by atomic mass is 15.1. The predicted octanol–water partition coefficient (Wildman–Crippen LogP) is 1.27. The molecular formula is C13H22N4. The minimum absolute atomic E-state index is 0.900. The van der Waals surface area contributed by atoms with Gasteiger partial charge in [0.15, 0.2) is 0 Å². The number of rotatable bonds is 5. The van der Waals surface area contributed by atoms with Crippen LogP contribution in [0.1, 0.15) is 36.6 Å². The van der Waals surface area contributed by atoms with Crippen LogP contribution in [0.25, 0.3) is 0 Å². The second kappa shape index (κ2) is 5.56. The Kier molecular flexibility index (Phi) is 4.07. The van der Waals surface area contributed by atoms with E-state index in [0.29, 0.717) is 0 Å². The molecule has 1 aromatic rings. The Morgan fingerprint density at radius 1 is 1.18 bits per heavy atom. The molecule has 17 heavy (non-hydrogen) atoms. The molecule has 1 aliphatic heterocycles. The van der Waals surface area contributed by atoms with Gasteiger partial charge in [0.25, 0.3) is 0 Å². The van der Waals surface area contributed by atoms with Gasteiger partial charge in [0, 0.05) is 37.3 Å². The van der Waals surface area contributed by atoms with Gasteiger partial charge in [-0.15, -0.1) is 0 Å². The van der Waals surface area contributed by atoms with Gasteiger partial charge in [-0.05, 0) is 20.0 Å². The molecule has 0 amide bonds. The zero-order valence-corrected chi connectivity index (χ0v) is 11.1. The maximum Gasteiger partial charge on any atom is 0.130 e. The Balaban J connectivity index is 2.05. The van der Waals surface area contributed by atoms with E-state index < -0.39 is 0 Å². The number of fused-ring (bicyclic) bond motifs is 1. The Labute approximate surface area is 103 Å². The minimum atomic E-state index is 0.900. The van der Waals surface area contributed by atoms with Gasteiger partial charge in [0.2, 0.25) is 0 Å². The van der Waals surface area contributed by atoms with Crippen LogP contribution in [-0.4, -0.2) is 34.5 Å². The Morgan fingerprint density at radius 2 is 1.94 bits per heavy atom. The molecule has 1 aromatic heterocycles. The molecule has 0 saturated carbocycles. The monoisotopic (exact) mass is 234 g/mol. The molecule has 4 nitrogen and oxygen atoms in total. The molecule has 0 aromatic carbocycles. The first-order valence-corrected chi connectivity index (χ1v) is 6.53. The van der Waals surface area contributed by atoms with E-state index >= 15 is 0 Å². The van der Waals surface area contributed by atoms with Crippen LogP contribution in [0, 0.1) is 6.92 Å². The Morgan fingerprint density at radius 3 is 2.65 bits per heavy atom. The van der Waals surface area contributed by atoms with Gasteiger partial charge in [0.1, 0.15) is 5.82 Å². The van der Waals surface area contributed by atoms with Crippen LogP contribution in [0.4, 0.5) is 0 Å². The summed E-state index contributed by atoms with van der Waals surface area (Å²) in [6.07, 6.45) is 0.954. The fourth-order valence-electron chi connectivity index (χ4n) is 2.31. The molecule has 1 N–H and O–H groups in total. The van der Waals surface area contributed by atoms with Crippen molar-refractivity contribution < 1.29 is 0 Å². The molecule has 94 valence electrons. The van der Waals surface area contributed by atoms with Crippen molar-refractivity contribution >= 4 is 0 Å². The average molecular weight is 234 g/mol. The maximum atomic E-state index is 4.65. The van der Waals surface area contributed by atoms with E-state index in [1.807, 2.05) is 0 Å². The number of aromatic nitrogens is 2. The predicted molar refractivity (Wildman–Crippen MR) is 68.8 cm³/mol. The lowest BCUT2D eigenvalue weighted by atomic mass is 10.2. The van der Waals surface area contributed by atoms with Gasteiger partial charge in [-0.2, -0.15) is 0 Å². The summed E-state index contributed by atoms with van der Waals surface area (Å²) in [7, 11) is 0. The van der Waals surface area contributed by atoms with Crippen LogP contribution in [0.15, 0.2) is 0 Å². The highest BCUT2D eigenvalue weighted by Gasteiger charge is 2.16. The number of hydrogen-bond donors (Lipinski definition) is 1. The summed E-state index contributed by atoms with van der Waals surface area (Å²) in [6.45, 7) is 11.6. The van der Waals surface area contributed by atoms with Crippen LogP contribution in [-0.2, 0) is 19.5 Å². The molecule has 0 saturated heterocycles. The second-order valence-corrected chi connectivity index (χ2v) is 4.53. The largest absolute Gasteiger partial charge is 0.307 e. The van der Waals surface area contributed by atoms with E-state index in [1.54, 1.807) is 0 Å². The zero-order valence-electron chi connectivity index (χ0n) is 11.1. The maximum absolute atomic E-state index is 4.65. The molecule has 0 unspecified atom stereocenters. The third-order valence-electron chi connectivity index (χ3n) is 3.49. The summed E-state index contributed by atoms with van der Waals surface area (Å²) < 4.78 is 0. The normalized spacial score (nSPS) is 14.4. The summed E-state index contributed by atoms with van der Waals surface area (Å²) >= 11 is 0. The number of hydrogen-bond acceptors (Lipinski definition) is 4. The summed E-state index contributed by atoms with van der Waals surface area (Å²) in [5.74, 6) is 0.997. The molecule has 2 heterocycles. The van der Waals surface area contributed by atoms with E-state index in [9.17, 15) is 0 Å². The van der Waals surface area contributed by atoms with Crippen molar-refractivity contribution in [3.05, 3.63) is 22.8 Å². The van der Waals surface area contributed by atoms with Crippen LogP contribution < -0.4 is 5.32 Å². The van der Waals surface area contributed by atoms with Crippen LogP contribution in [0.3, 0.4) is 0 Å². The Hall–Kier alpha value is -1.00. The van der Waals surface area contributed by atoms with Crippen LogP contribution in [0.2, 0.25) is 0 Å². The molecular weight excluding hydrogens is 212 g/mol. The number of likely N-dealkylation sites (N-methyl/N-ethyl adjacent to an activating group) is 1. The number of nitrogens with zero attached hydrogens (tertiary/aromatic N) is 3. The first kappa shape index (κ1) is 12.5. The molecule has 4 heteroatoms. The van der Waals surface area contributed by atoms with Crippen molar-refractivity contribution in [2.75, 3.05) is 19.6 Å². The van der Waals surface area contributed by atoms with Gasteiger partial charge in [-0.1, -0.05) is 13.8 Å². The number of aryl methyl sites for hydroxylation is 1. The first-order valence-electron chi connectivity index (χ1n) is 6.53. The minimum Gasteiger partial charge on any atom is -0.307 e. The zero-order chi connectivity index (χ0) is 12.3. The quantitative estimate of drug-likeness (QED) is 0.833. The van der Waals surface area contributed by atoms with Crippen molar-refractivity contribution in [2.24, 2.45) is 0 Å². The summed E-state index contributed by atoms with van der Waals surface area (Å²) in [4.78, 5) is 11.7. The molecule has 0 radical (unpaired) electrons. The average Bonchev–Trinajstić information content (AvgIpc) is 2.79. The SMILES string of the molecule is CCN(CC)CCc1nc(C)c2c(n1)CNC2. The second-order valence-electron chi connectivity index (χ2n) is 4.53. The highest BCUT2D eigenvalue weighted by molar-refractivity contribution is 5.28. The van der Waals surface area contributed by atoms with E-state index in [1.165, 1.54) is 11.3 Å². The third-order valence-corrected chi connectivity index (χ3v) is 3.49. The van der Waals surface area contributed by atoms with E-state index in [0.717, 1.165) is 50.7 Å². The molecule has 0 bridgehead atoms. The fraction of sp³-hybridized carbons (Fsp3) is 0.692. The molecule has 0 fully saturated rings.